The van der Waals surface area contributed by atoms with E-state index in [2.05, 4.69) is 4.98 Å². The van der Waals surface area contributed by atoms with E-state index >= 15 is 0 Å². The van der Waals surface area contributed by atoms with Gasteiger partial charge in [-0.2, -0.15) is 0 Å². The minimum atomic E-state index is -0.338. The third kappa shape index (κ3) is 3.69. The number of hydrogen-bond acceptors (Lipinski definition) is 4. The fourth-order valence-corrected chi connectivity index (χ4v) is 4.05. The molecular weight excluding hydrogens is 402 g/mol. The number of benzene rings is 3. The summed E-state index contributed by atoms with van der Waals surface area (Å²) in [4.78, 5) is 28.7. The zero-order chi connectivity index (χ0) is 22.1. The number of esters is 1. The van der Waals surface area contributed by atoms with Crippen molar-refractivity contribution in [3.8, 4) is 16.9 Å². The van der Waals surface area contributed by atoms with Gasteiger partial charge in [-0.05, 0) is 42.7 Å². The standard InChI is InChI=1S/C27H21NO4/c1-17-26(18-7-3-2-4-8-18)27(30)22-13-12-20(15-24(22)31-17)32-25(29)14-11-19-16-28-23-10-6-5-9-21(19)23/h2-10,12-13,15-16,28H,11,14H2,1H3. The van der Waals surface area contributed by atoms with Crippen molar-refractivity contribution in [2.45, 2.75) is 19.8 Å². The van der Waals surface area contributed by atoms with Crippen LogP contribution in [0.4, 0.5) is 0 Å². The Bertz CT molecular complexity index is 1500. The molecule has 5 heteroatoms. The van der Waals surface area contributed by atoms with Crippen molar-refractivity contribution in [1.82, 2.24) is 4.98 Å². The van der Waals surface area contributed by atoms with E-state index < -0.39 is 0 Å². The summed E-state index contributed by atoms with van der Waals surface area (Å²) in [5, 5.41) is 1.56. The van der Waals surface area contributed by atoms with E-state index in [0.717, 1.165) is 22.0 Å². The second kappa shape index (κ2) is 8.19. The zero-order valence-electron chi connectivity index (χ0n) is 17.6. The molecule has 5 rings (SSSR count). The number of nitrogens with one attached hydrogen (secondary N) is 1. The third-order valence-electron chi connectivity index (χ3n) is 5.61. The van der Waals surface area contributed by atoms with Crippen molar-refractivity contribution in [2.24, 2.45) is 0 Å². The Balaban J connectivity index is 1.36. The summed E-state index contributed by atoms with van der Waals surface area (Å²) in [6.07, 6.45) is 2.75. The average molecular weight is 423 g/mol. The molecule has 0 aliphatic rings. The number of ether oxygens (including phenoxy) is 1. The number of carbonyl (C=O) groups excluding carboxylic acids is 1. The van der Waals surface area contributed by atoms with Crippen LogP contribution in [0.5, 0.6) is 5.75 Å². The molecule has 32 heavy (non-hydrogen) atoms. The van der Waals surface area contributed by atoms with E-state index in [4.69, 9.17) is 9.15 Å². The lowest BCUT2D eigenvalue weighted by Crippen LogP contribution is -2.10. The van der Waals surface area contributed by atoms with Gasteiger partial charge >= 0.3 is 5.97 Å². The molecule has 0 atom stereocenters. The Hall–Kier alpha value is -4.12. The number of aryl methyl sites for hydroxylation is 2. The fourth-order valence-electron chi connectivity index (χ4n) is 4.05. The van der Waals surface area contributed by atoms with E-state index in [1.807, 2.05) is 60.8 Å². The number of carbonyl (C=O) groups is 1. The molecule has 0 unspecified atom stereocenters. The van der Waals surface area contributed by atoms with Crippen LogP contribution in [0, 0.1) is 6.92 Å². The molecule has 0 aliphatic heterocycles. The Kier molecular flexibility index (Phi) is 5.07. The summed E-state index contributed by atoms with van der Waals surface area (Å²) in [5.41, 5.74) is 3.77. The number of fused-ring (bicyclic) bond motifs is 2. The van der Waals surface area contributed by atoms with Gasteiger partial charge in [0, 0.05) is 23.2 Å². The van der Waals surface area contributed by atoms with E-state index in [1.165, 1.54) is 0 Å². The van der Waals surface area contributed by atoms with Crippen molar-refractivity contribution < 1.29 is 13.9 Å². The lowest BCUT2D eigenvalue weighted by Gasteiger charge is -2.09. The van der Waals surface area contributed by atoms with Gasteiger partial charge in [0.2, 0.25) is 5.43 Å². The number of aromatic nitrogens is 1. The molecule has 0 saturated carbocycles. The topological polar surface area (TPSA) is 72.3 Å². The van der Waals surface area contributed by atoms with Crippen LogP contribution in [0.25, 0.3) is 33.0 Å². The molecular formula is C27H21NO4. The van der Waals surface area contributed by atoms with E-state index in [1.54, 1.807) is 25.1 Å². The van der Waals surface area contributed by atoms with Gasteiger partial charge in [0.25, 0.3) is 0 Å². The minimum absolute atomic E-state index is 0.104. The minimum Gasteiger partial charge on any atom is -0.460 e. The molecule has 0 spiro atoms. The number of hydrogen-bond donors (Lipinski definition) is 1. The summed E-state index contributed by atoms with van der Waals surface area (Å²) < 4.78 is 11.4. The fraction of sp³-hybridized carbons (Fsp3) is 0.111. The van der Waals surface area contributed by atoms with Gasteiger partial charge in [0.05, 0.1) is 17.4 Å². The number of H-pyrrole nitrogens is 1. The Morgan fingerprint density at radius 3 is 2.59 bits per heavy atom. The predicted molar refractivity (Wildman–Crippen MR) is 125 cm³/mol. The molecule has 5 nitrogen and oxygen atoms in total. The lowest BCUT2D eigenvalue weighted by atomic mass is 10.0. The lowest BCUT2D eigenvalue weighted by molar-refractivity contribution is -0.134. The highest BCUT2D eigenvalue weighted by Gasteiger charge is 2.15. The maximum absolute atomic E-state index is 13.1. The van der Waals surface area contributed by atoms with Crippen molar-refractivity contribution in [3.05, 3.63) is 101 Å². The van der Waals surface area contributed by atoms with Crippen molar-refractivity contribution in [1.29, 1.82) is 0 Å². The molecule has 0 fully saturated rings. The Morgan fingerprint density at radius 1 is 0.969 bits per heavy atom. The highest BCUT2D eigenvalue weighted by molar-refractivity contribution is 5.85. The first-order valence-corrected chi connectivity index (χ1v) is 10.5. The quantitative estimate of drug-likeness (QED) is 0.287. The van der Waals surface area contributed by atoms with Crippen molar-refractivity contribution >= 4 is 27.8 Å². The molecule has 0 amide bonds. The largest absolute Gasteiger partial charge is 0.460 e. The van der Waals surface area contributed by atoms with Crippen LogP contribution < -0.4 is 10.2 Å². The highest BCUT2D eigenvalue weighted by Crippen LogP contribution is 2.26. The summed E-state index contributed by atoms with van der Waals surface area (Å²) in [6.45, 7) is 1.77. The molecule has 2 aromatic heterocycles. The van der Waals surface area contributed by atoms with Crippen LogP contribution >= 0.6 is 0 Å². The van der Waals surface area contributed by atoms with Gasteiger partial charge in [0.1, 0.15) is 17.1 Å². The molecule has 1 N–H and O–H groups in total. The highest BCUT2D eigenvalue weighted by atomic mass is 16.5. The molecule has 0 radical (unpaired) electrons. The molecule has 158 valence electrons. The van der Waals surface area contributed by atoms with Gasteiger partial charge in [-0.15, -0.1) is 0 Å². The van der Waals surface area contributed by atoms with Gasteiger partial charge in [-0.1, -0.05) is 48.5 Å². The number of rotatable bonds is 5. The van der Waals surface area contributed by atoms with Crippen LogP contribution in [0.2, 0.25) is 0 Å². The molecule has 2 heterocycles. The summed E-state index contributed by atoms with van der Waals surface area (Å²) in [6, 6.07) is 22.3. The van der Waals surface area contributed by atoms with E-state index in [-0.39, 0.29) is 17.8 Å². The van der Waals surface area contributed by atoms with Crippen LogP contribution in [0.1, 0.15) is 17.7 Å². The molecule has 0 bridgehead atoms. The second-order valence-corrected chi connectivity index (χ2v) is 7.72. The van der Waals surface area contributed by atoms with E-state index in [0.29, 0.717) is 34.5 Å². The van der Waals surface area contributed by atoms with Gasteiger partial charge < -0.3 is 14.1 Å². The first-order valence-electron chi connectivity index (χ1n) is 10.5. The first kappa shape index (κ1) is 19.8. The smallest absolute Gasteiger partial charge is 0.311 e. The van der Waals surface area contributed by atoms with Crippen molar-refractivity contribution in [3.63, 3.8) is 0 Å². The predicted octanol–water partition coefficient (Wildman–Crippen LogP) is 5.79. The summed E-state index contributed by atoms with van der Waals surface area (Å²) in [7, 11) is 0. The summed E-state index contributed by atoms with van der Waals surface area (Å²) >= 11 is 0. The van der Waals surface area contributed by atoms with Crippen LogP contribution in [0.15, 0.2) is 88.2 Å². The average Bonchev–Trinajstić information content (AvgIpc) is 3.21. The second-order valence-electron chi connectivity index (χ2n) is 7.72. The number of aromatic amines is 1. The van der Waals surface area contributed by atoms with Gasteiger partial charge in [0.15, 0.2) is 0 Å². The van der Waals surface area contributed by atoms with Crippen LogP contribution in [0.3, 0.4) is 0 Å². The van der Waals surface area contributed by atoms with E-state index in [9.17, 15) is 9.59 Å². The van der Waals surface area contributed by atoms with Crippen LogP contribution in [-0.4, -0.2) is 11.0 Å². The first-order chi connectivity index (χ1) is 15.6. The van der Waals surface area contributed by atoms with Gasteiger partial charge in [-0.25, -0.2) is 0 Å². The normalized spacial score (nSPS) is 11.2. The monoisotopic (exact) mass is 423 g/mol. The zero-order valence-corrected chi connectivity index (χ0v) is 17.6. The maximum atomic E-state index is 13.1. The Labute approximate surface area is 184 Å². The van der Waals surface area contributed by atoms with Crippen molar-refractivity contribution in [2.75, 3.05) is 0 Å². The third-order valence-corrected chi connectivity index (χ3v) is 5.61. The summed E-state index contributed by atoms with van der Waals surface area (Å²) in [5.74, 6) is 0.544. The molecule has 5 aromatic rings. The van der Waals surface area contributed by atoms with Gasteiger partial charge in [-0.3, -0.25) is 9.59 Å². The maximum Gasteiger partial charge on any atom is 0.311 e. The van der Waals surface area contributed by atoms with Crippen LogP contribution in [-0.2, 0) is 11.2 Å². The SMILES string of the molecule is Cc1oc2cc(OC(=O)CCc3c[nH]c4ccccc34)ccc2c(=O)c1-c1ccccc1. The molecule has 0 aliphatic carbocycles. The number of para-hydroxylation sites is 1. The Morgan fingerprint density at radius 2 is 1.75 bits per heavy atom. The molecule has 3 aromatic carbocycles. The molecule has 0 saturated heterocycles.